The molecule has 0 atom stereocenters. The van der Waals surface area contributed by atoms with Gasteiger partial charge >= 0.3 is 11.5 Å². The second-order valence-corrected chi connectivity index (χ2v) is 7.59. The monoisotopic (exact) mass is 425 g/mol. The minimum atomic E-state index is -0.990. The number of carboxylic acid groups (broad SMARTS) is 1. The molecule has 8 heteroatoms. The summed E-state index contributed by atoms with van der Waals surface area (Å²) >= 11 is 0. The number of rotatable bonds is 5. The van der Waals surface area contributed by atoms with Crippen LogP contribution in [-0.2, 0) is 13.1 Å². The normalized spacial score (nSPS) is 11.2. The van der Waals surface area contributed by atoms with Crippen molar-refractivity contribution in [1.82, 2.24) is 19.1 Å². The second kappa shape index (κ2) is 7.66. The Labute approximate surface area is 182 Å². The van der Waals surface area contributed by atoms with Crippen LogP contribution < -0.4 is 11.3 Å². The summed E-state index contributed by atoms with van der Waals surface area (Å²) in [5, 5.41) is 11.4. The van der Waals surface area contributed by atoms with E-state index >= 15 is 0 Å². The van der Waals surface area contributed by atoms with E-state index < -0.39 is 11.5 Å². The van der Waals surface area contributed by atoms with Crippen LogP contribution in [0.1, 0.15) is 21.5 Å². The first kappa shape index (κ1) is 19.5. The van der Waals surface area contributed by atoms with E-state index in [0.29, 0.717) is 24.3 Å². The van der Waals surface area contributed by atoms with Crippen molar-refractivity contribution in [2.45, 2.75) is 13.1 Å². The van der Waals surface area contributed by atoms with Gasteiger partial charge in [0.2, 0.25) is 5.95 Å². The summed E-state index contributed by atoms with van der Waals surface area (Å²) in [5.74, 6) is -0.934. The number of carboxylic acids is 1. The van der Waals surface area contributed by atoms with Crippen molar-refractivity contribution in [2.24, 2.45) is 0 Å². The Morgan fingerprint density at radius 1 is 0.938 bits per heavy atom. The lowest BCUT2D eigenvalue weighted by Crippen LogP contribution is -2.20. The molecule has 0 fully saturated rings. The van der Waals surface area contributed by atoms with Gasteiger partial charge in [-0.05, 0) is 40.1 Å². The molecule has 0 radical (unpaired) electrons. The number of imidazole rings is 1. The highest BCUT2D eigenvalue weighted by Crippen LogP contribution is 2.19. The van der Waals surface area contributed by atoms with Gasteiger partial charge in [-0.15, -0.1) is 0 Å². The molecule has 0 spiro atoms. The van der Waals surface area contributed by atoms with Crippen LogP contribution in [0.5, 0.6) is 0 Å². The molecule has 2 aromatic heterocycles. The molecule has 3 aromatic carbocycles. The zero-order chi connectivity index (χ0) is 22.2. The molecule has 32 heavy (non-hydrogen) atoms. The summed E-state index contributed by atoms with van der Waals surface area (Å²) in [7, 11) is 0. The number of hydrogen-bond donors (Lipinski definition) is 2. The highest BCUT2D eigenvalue weighted by atomic mass is 16.4. The molecule has 0 saturated carbocycles. The Bertz CT molecular complexity index is 1530. The average Bonchev–Trinajstić information content (AvgIpc) is 3.21. The van der Waals surface area contributed by atoms with Gasteiger partial charge in [0.15, 0.2) is 11.2 Å². The standard InChI is InChI=1S/C24H19N5O3/c25-24-27-22(30)20-21(29(24)13-15-5-9-18(10-6-15)23(31)32)26-14-28(20)12-16-7-8-17-3-1-2-4-19(17)11-16/h1-11,14H,12-13H2,(H,31,32)(H2,25,27,30). The molecule has 0 aliphatic heterocycles. The third-order valence-corrected chi connectivity index (χ3v) is 5.48. The number of aromatic carboxylic acids is 1. The van der Waals surface area contributed by atoms with Gasteiger partial charge in [0, 0.05) is 6.54 Å². The molecule has 0 saturated heterocycles. The summed E-state index contributed by atoms with van der Waals surface area (Å²) in [4.78, 5) is 32.2. The van der Waals surface area contributed by atoms with Crippen LogP contribution in [0.2, 0.25) is 0 Å². The van der Waals surface area contributed by atoms with Crippen LogP contribution in [0.25, 0.3) is 21.9 Å². The predicted octanol–water partition coefficient (Wildman–Crippen LogP) is 3.12. The van der Waals surface area contributed by atoms with Crippen molar-refractivity contribution < 1.29 is 9.90 Å². The molecule has 0 aliphatic rings. The van der Waals surface area contributed by atoms with E-state index in [9.17, 15) is 9.59 Å². The minimum absolute atomic E-state index is 0.0563. The van der Waals surface area contributed by atoms with Gasteiger partial charge in [-0.2, -0.15) is 4.98 Å². The summed E-state index contributed by atoms with van der Waals surface area (Å²) in [6.07, 6.45) is 1.62. The number of carbonyl (C=O) groups is 1. The van der Waals surface area contributed by atoms with Gasteiger partial charge in [0.25, 0.3) is 0 Å². The van der Waals surface area contributed by atoms with Crippen LogP contribution in [-0.4, -0.2) is 30.2 Å². The Morgan fingerprint density at radius 2 is 1.66 bits per heavy atom. The maximum atomic E-state index is 12.7. The number of aromatic nitrogens is 4. The van der Waals surface area contributed by atoms with Gasteiger partial charge < -0.3 is 15.4 Å². The second-order valence-electron chi connectivity index (χ2n) is 7.59. The molecule has 3 N–H and O–H groups in total. The van der Waals surface area contributed by atoms with Gasteiger partial charge in [0.05, 0.1) is 18.4 Å². The molecule has 2 heterocycles. The molecule has 158 valence electrons. The Kier molecular flexibility index (Phi) is 4.67. The van der Waals surface area contributed by atoms with E-state index in [4.69, 9.17) is 10.8 Å². The van der Waals surface area contributed by atoms with Crippen LogP contribution in [0.3, 0.4) is 0 Å². The fourth-order valence-electron chi connectivity index (χ4n) is 3.86. The number of nitrogen functional groups attached to an aromatic ring is 1. The third-order valence-electron chi connectivity index (χ3n) is 5.48. The highest BCUT2D eigenvalue weighted by molar-refractivity contribution is 5.87. The molecule has 0 bridgehead atoms. The van der Waals surface area contributed by atoms with Gasteiger partial charge in [-0.3, -0.25) is 9.36 Å². The number of hydrogen-bond acceptors (Lipinski definition) is 5. The smallest absolute Gasteiger partial charge is 0.335 e. The highest BCUT2D eigenvalue weighted by Gasteiger charge is 2.15. The molecular formula is C24H19N5O3. The van der Waals surface area contributed by atoms with E-state index in [0.717, 1.165) is 21.9 Å². The molecule has 8 nitrogen and oxygen atoms in total. The number of benzene rings is 3. The predicted molar refractivity (Wildman–Crippen MR) is 122 cm³/mol. The maximum Gasteiger partial charge on any atom is 0.335 e. The molecule has 0 unspecified atom stereocenters. The number of nitrogens with zero attached hydrogens (tertiary/aromatic N) is 4. The average molecular weight is 425 g/mol. The molecule has 0 aliphatic carbocycles. The zero-order valence-corrected chi connectivity index (χ0v) is 17.0. The summed E-state index contributed by atoms with van der Waals surface area (Å²) < 4.78 is 3.43. The van der Waals surface area contributed by atoms with Crippen LogP contribution in [0, 0.1) is 0 Å². The number of nitrogens with two attached hydrogens (primary N) is 1. The van der Waals surface area contributed by atoms with Gasteiger partial charge in [-0.25, -0.2) is 9.78 Å². The number of fused-ring (bicyclic) bond motifs is 2. The van der Waals surface area contributed by atoms with E-state index in [1.54, 1.807) is 27.6 Å². The van der Waals surface area contributed by atoms with Gasteiger partial charge in [-0.1, -0.05) is 48.5 Å². The molecular weight excluding hydrogens is 406 g/mol. The minimum Gasteiger partial charge on any atom is -0.478 e. The lowest BCUT2D eigenvalue weighted by Gasteiger charge is -2.11. The maximum absolute atomic E-state index is 12.7. The number of anilines is 1. The van der Waals surface area contributed by atoms with E-state index in [1.165, 1.54) is 12.1 Å². The van der Waals surface area contributed by atoms with Crippen molar-refractivity contribution in [1.29, 1.82) is 0 Å². The summed E-state index contributed by atoms with van der Waals surface area (Å²) in [6, 6.07) is 20.7. The van der Waals surface area contributed by atoms with Gasteiger partial charge in [0.1, 0.15) is 0 Å². The van der Waals surface area contributed by atoms with Crippen LogP contribution in [0.15, 0.2) is 77.9 Å². The van der Waals surface area contributed by atoms with Crippen molar-refractivity contribution in [2.75, 3.05) is 5.73 Å². The lowest BCUT2D eigenvalue weighted by atomic mass is 10.1. The third kappa shape index (κ3) is 3.47. The zero-order valence-electron chi connectivity index (χ0n) is 17.0. The van der Waals surface area contributed by atoms with Crippen molar-refractivity contribution in [3.63, 3.8) is 0 Å². The lowest BCUT2D eigenvalue weighted by molar-refractivity contribution is 0.0697. The van der Waals surface area contributed by atoms with Crippen molar-refractivity contribution >= 4 is 33.9 Å². The molecule has 0 amide bonds. The first-order chi connectivity index (χ1) is 15.5. The van der Waals surface area contributed by atoms with E-state index in [2.05, 4.69) is 34.2 Å². The Hall–Kier alpha value is -4.46. The Morgan fingerprint density at radius 3 is 2.41 bits per heavy atom. The first-order valence-corrected chi connectivity index (χ1v) is 10.0. The summed E-state index contributed by atoms with van der Waals surface area (Å²) in [6.45, 7) is 0.776. The van der Waals surface area contributed by atoms with Crippen LogP contribution >= 0.6 is 0 Å². The van der Waals surface area contributed by atoms with E-state index in [-0.39, 0.29) is 11.5 Å². The van der Waals surface area contributed by atoms with Crippen LogP contribution in [0.4, 0.5) is 5.95 Å². The first-order valence-electron chi connectivity index (χ1n) is 10.0. The van der Waals surface area contributed by atoms with Crippen molar-refractivity contribution in [3.8, 4) is 0 Å². The quantitative estimate of drug-likeness (QED) is 0.447. The van der Waals surface area contributed by atoms with E-state index in [1.807, 2.05) is 18.2 Å². The largest absolute Gasteiger partial charge is 0.478 e. The Balaban J connectivity index is 1.53. The fourth-order valence-corrected chi connectivity index (χ4v) is 3.86. The molecule has 5 aromatic rings. The summed E-state index contributed by atoms with van der Waals surface area (Å²) in [5.41, 5.74) is 8.47. The SMILES string of the molecule is Nc1nc(=O)c2c(ncn2Cc2ccc3ccccc3c2)n1Cc1ccc(C(=O)O)cc1. The topological polar surface area (TPSA) is 116 Å². The van der Waals surface area contributed by atoms with Crippen molar-refractivity contribution in [3.05, 3.63) is 100 Å². The molecule has 5 rings (SSSR count). The fraction of sp³-hybridized carbons (Fsp3) is 0.0833.